The summed E-state index contributed by atoms with van der Waals surface area (Å²) in [6, 6.07) is 8.55. The van der Waals surface area contributed by atoms with Gasteiger partial charge in [-0.3, -0.25) is 9.88 Å². The molecule has 1 aromatic heterocycles. The van der Waals surface area contributed by atoms with Crippen molar-refractivity contribution >= 4 is 11.8 Å². The minimum atomic E-state index is -4.58. The predicted octanol–water partition coefficient (Wildman–Crippen LogP) is 4.59. The Hall–Kier alpha value is -2.57. The van der Waals surface area contributed by atoms with Crippen LogP contribution >= 0.6 is 0 Å². The van der Waals surface area contributed by atoms with Crippen LogP contribution in [0, 0.1) is 6.92 Å². The molecule has 24 heavy (non-hydrogen) atoms. The molecule has 2 aromatic rings. The maximum absolute atomic E-state index is 13.7. The second-order valence-corrected chi connectivity index (χ2v) is 5.29. The van der Waals surface area contributed by atoms with E-state index < -0.39 is 18.2 Å². The first kappa shape index (κ1) is 17.8. The number of aryl methyl sites for hydroxylation is 1. The highest BCUT2D eigenvalue weighted by atomic mass is 19.4. The van der Waals surface area contributed by atoms with Gasteiger partial charge in [-0.1, -0.05) is 24.3 Å². The number of pyridine rings is 1. The van der Waals surface area contributed by atoms with E-state index in [1.165, 1.54) is 42.6 Å². The third kappa shape index (κ3) is 3.67. The van der Waals surface area contributed by atoms with Crippen molar-refractivity contribution in [3.63, 3.8) is 0 Å². The normalized spacial score (nSPS) is 12.7. The summed E-state index contributed by atoms with van der Waals surface area (Å²) in [5.41, 5.74) is 0.492. The molecule has 0 aliphatic heterocycles. The van der Waals surface area contributed by atoms with E-state index in [1.54, 1.807) is 13.8 Å². The van der Waals surface area contributed by atoms with Crippen molar-refractivity contribution in [1.29, 1.82) is 0 Å². The summed E-state index contributed by atoms with van der Waals surface area (Å²) in [6.07, 6.45) is -4.69. The molecule has 7 heteroatoms. The molecule has 0 aliphatic rings. The van der Waals surface area contributed by atoms with Gasteiger partial charge >= 0.3 is 12.3 Å². The van der Waals surface area contributed by atoms with Crippen LogP contribution in [0.2, 0.25) is 0 Å². The number of rotatable bonds is 4. The molecule has 0 spiro atoms. The van der Waals surface area contributed by atoms with Crippen LogP contribution in [0.5, 0.6) is 0 Å². The van der Waals surface area contributed by atoms with Crippen molar-refractivity contribution in [2.45, 2.75) is 25.9 Å². The third-order valence-electron chi connectivity index (χ3n) is 3.68. The first-order chi connectivity index (χ1) is 11.3. The molecule has 0 saturated carbocycles. The van der Waals surface area contributed by atoms with Crippen LogP contribution in [0.15, 0.2) is 42.6 Å². The molecule has 4 nitrogen and oxygen atoms in total. The molecule has 0 bridgehead atoms. The standard InChI is InChI=1S/C17H17F3N2O2/c1-3-22(16(23)24)14-7-5-4-6-13(14)15(17(18,19)20)12-9-8-11(2)21-10-12/h4-10,15H,3H2,1-2H3,(H,23,24)/t15-/m1/s1. The Morgan fingerprint density at radius 2 is 1.92 bits per heavy atom. The number of carbonyl (C=O) groups is 1. The number of anilines is 1. The fourth-order valence-corrected chi connectivity index (χ4v) is 2.58. The third-order valence-corrected chi connectivity index (χ3v) is 3.68. The first-order valence-electron chi connectivity index (χ1n) is 7.34. The van der Waals surface area contributed by atoms with Gasteiger partial charge in [0.05, 0.1) is 5.69 Å². The summed E-state index contributed by atoms with van der Waals surface area (Å²) < 4.78 is 41.2. The van der Waals surface area contributed by atoms with Crippen LogP contribution in [0.1, 0.15) is 29.7 Å². The van der Waals surface area contributed by atoms with Crippen molar-refractivity contribution in [3.05, 3.63) is 59.4 Å². The van der Waals surface area contributed by atoms with Crippen LogP contribution in [0.3, 0.4) is 0 Å². The van der Waals surface area contributed by atoms with Gasteiger partial charge in [0.2, 0.25) is 0 Å². The van der Waals surface area contributed by atoms with Crippen LogP contribution in [0.25, 0.3) is 0 Å². The van der Waals surface area contributed by atoms with E-state index in [-0.39, 0.29) is 23.4 Å². The lowest BCUT2D eigenvalue weighted by atomic mass is 9.90. The maximum Gasteiger partial charge on any atom is 0.411 e. The van der Waals surface area contributed by atoms with Crippen molar-refractivity contribution in [2.24, 2.45) is 0 Å². The number of nitrogens with zero attached hydrogens (tertiary/aromatic N) is 2. The lowest BCUT2D eigenvalue weighted by molar-refractivity contribution is -0.141. The van der Waals surface area contributed by atoms with Crippen molar-refractivity contribution < 1.29 is 23.1 Å². The van der Waals surface area contributed by atoms with Crippen molar-refractivity contribution in [2.75, 3.05) is 11.4 Å². The van der Waals surface area contributed by atoms with E-state index in [4.69, 9.17) is 0 Å². The first-order valence-corrected chi connectivity index (χ1v) is 7.34. The van der Waals surface area contributed by atoms with Gasteiger partial charge in [-0.05, 0) is 37.1 Å². The van der Waals surface area contributed by atoms with E-state index >= 15 is 0 Å². The van der Waals surface area contributed by atoms with Crippen LogP contribution in [-0.4, -0.2) is 28.9 Å². The summed E-state index contributed by atoms with van der Waals surface area (Å²) in [5, 5.41) is 9.28. The van der Waals surface area contributed by atoms with Crippen molar-refractivity contribution in [1.82, 2.24) is 4.98 Å². The topological polar surface area (TPSA) is 53.4 Å². The fraction of sp³-hybridized carbons (Fsp3) is 0.294. The molecule has 0 fully saturated rings. The molecule has 0 unspecified atom stereocenters. The Kier molecular flexibility index (Phi) is 5.11. The molecule has 1 N–H and O–H groups in total. The molecule has 2 rings (SSSR count). The van der Waals surface area contributed by atoms with Gasteiger partial charge in [-0.15, -0.1) is 0 Å². The SMILES string of the molecule is CCN(C(=O)O)c1ccccc1[C@@H](c1ccc(C)nc1)C(F)(F)F. The van der Waals surface area contributed by atoms with Crippen molar-refractivity contribution in [3.8, 4) is 0 Å². The minimum Gasteiger partial charge on any atom is -0.465 e. The quantitative estimate of drug-likeness (QED) is 0.887. The number of amides is 1. The molecule has 1 amide bonds. The highest BCUT2D eigenvalue weighted by Gasteiger charge is 2.43. The molecular weight excluding hydrogens is 321 g/mol. The highest BCUT2D eigenvalue weighted by molar-refractivity contribution is 5.87. The van der Waals surface area contributed by atoms with E-state index in [1.807, 2.05) is 0 Å². The van der Waals surface area contributed by atoms with Crippen LogP contribution in [0.4, 0.5) is 23.7 Å². The monoisotopic (exact) mass is 338 g/mol. The molecule has 0 saturated heterocycles. The van der Waals surface area contributed by atoms with E-state index in [0.29, 0.717) is 5.69 Å². The predicted molar refractivity (Wildman–Crippen MR) is 84.4 cm³/mol. The number of halogens is 3. The molecule has 1 aromatic carbocycles. The Balaban J connectivity index is 2.64. The molecule has 0 aliphatic carbocycles. The number of hydrogen-bond acceptors (Lipinski definition) is 2. The zero-order valence-electron chi connectivity index (χ0n) is 13.2. The minimum absolute atomic E-state index is 0.0235. The molecule has 1 heterocycles. The fourth-order valence-electron chi connectivity index (χ4n) is 2.58. The van der Waals surface area contributed by atoms with Gasteiger partial charge in [-0.25, -0.2) is 4.79 Å². The van der Waals surface area contributed by atoms with Crippen LogP contribution < -0.4 is 4.90 Å². The Labute approximate surface area is 137 Å². The van der Waals surface area contributed by atoms with E-state index in [2.05, 4.69) is 4.98 Å². The molecule has 128 valence electrons. The summed E-state index contributed by atoms with van der Waals surface area (Å²) >= 11 is 0. The average molecular weight is 338 g/mol. The number of hydrogen-bond donors (Lipinski definition) is 1. The zero-order valence-corrected chi connectivity index (χ0v) is 13.2. The van der Waals surface area contributed by atoms with Gasteiger partial charge in [0.1, 0.15) is 5.92 Å². The number of para-hydroxylation sites is 1. The molecule has 0 radical (unpaired) electrons. The van der Waals surface area contributed by atoms with E-state index in [9.17, 15) is 23.1 Å². The van der Waals surface area contributed by atoms with Crippen LogP contribution in [-0.2, 0) is 0 Å². The van der Waals surface area contributed by atoms with E-state index in [0.717, 1.165) is 4.90 Å². The second-order valence-electron chi connectivity index (χ2n) is 5.29. The number of carboxylic acid groups (broad SMARTS) is 1. The molecular formula is C17H17F3N2O2. The Bertz CT molecular complexity index is 715. The average Bonchev–Trinajstić information content (AvgIpc) is 2.50. The van der Waals surface area contributed by atoms with Gasteiger partial charge in [0.15, 0.2) is 0 Å². The highest BCUT2D eigenvalue weighted by Crippen LogP contribution is 2.43. The maximum atomic E-state index is 13.7. The number of aromatic nitrogens is 1. The Morgan fingerprint density at radius 1 is 1.25 bits per heavy atom. The smallest absolute Gasteiger partial charge is 0.411 e. The van der Waals surface area contributed by atoms with Gasteiger partial charge in [0, 0.05) is 18.4 Å². The molecule has 1 atom stereocenters. The summed E-state index contributed by atoms with van der Waals surface area (Å²) in [6.45, 7) is 3.30. The lowest BCUT2D eigenvalue weighted by Crippen LogP contribution is -2.32. The summed E-state index contributed by atoms with van der Waals surface area (Å²) in [5.74, 6) is -1.95. The number of benzene rings is 1. The van der Waals surface area contributed by atoms with Gasteiger partial charge in [-0.2, -0.15) is 13.2 Å². The van der Waals surface area contributed by atoms with Gasteiger partial charge < -0.3 is 5.11 Å². The largest absolute Gasteiger partial charge is 0.465 e. The summed E-state index contributed by atoms with van der Waals surface area (Å²) in [4.78, 5) is 16.2. The summed E-state index contributed by atoms with van der Waals surface area (Å²) in [7, 11) is 0. The Morgan fingerprint density at radius 3 is 2.42 bits per heavy atom. The lowest BCUT2D eigenvalue weighted by Gasteiger charge is -2.27. The zero-order chi connectivity index (χ0) is 17.9. The van der Waals surface area contributed by atoms with Gasteiger partial charge in [0.25, 0.3) is 0 Å². The number of alkyl halides is 3. The second kappa shape index (κ2) is 6.90.